The van der Waals surface area contributed by atoms with Crippen molar-refractivity contribution in [2.75, 3.05) is 27.2 Å². The second-order valence-electron chi connectivity index (χ2n) is 5.79. The molecule has 1 N–H and O–H groups in total. The normalized spacial score (nSPS) is 13.3. The predicted octanol–water partition coefficient (Wildman–Crippen LogP) is 3.37. The molecule has 1 aromatic carbocycles. The molecule has 0 spiro atoms. The highest BCUT2D eigenvalue weighted by Gasteiger charge is 2.12. The van der Waals surface area contributed by atoms with E-state index in [-0.39, 0.29) is 11.9 Å². The molecule has 0 saturated heterocycles. The lowest BCUT2D eigenvalue weighted by Gasteiger charge is -2.23. The molecule has 0 aliphatic heterocycles. The summed E-state index contributed by atoms with van der Waals surface area (Å²) in [6.07, 6.45) is 0.988. The molecule has 1 aromatic rings. The van der Waals surface area contributed by atoms with E-state index < -0.39 is 0 Å². The zero-order valence-electron chi connectivity index (χ0n) is 12.8. The SMILES string of the molecule is CNC(CCN(C)CC(C)C)c1ccc(C)c(F)c1. The smallest absolute Gasteiger partial charge is 0.126 e. The summed E-state index contributed by atoms with van der Waals surface area (Å²) < 4.78 is 13.6. The third-order valence-electron chi connectivity index (χ3n) is 3.42. The van der Waals surface area contributed by atoms with Gasteiger partial charge in [0, 0.05) is 12.6 Å². The van der Waals surface area contributed by atoms with E-state index in [1.54, 1.807) is 13.0 Å². The van der Waals surface area contributed by atoms with E-state index in [4.69, 9.17) is 0 Å². The summed E-state index contributed by atoms with van der Waals surface area (Å²) in [4.78, 5) is 2.33. The number of benzene rings is 1. The Morgan fingerprint density at radius 1 is 1.32 bits per heavy atom. The molecule has 1 atom stereocenters. The molecule has 0 heterocycles. The summed E-state index contributed by atoms with van der Waals surface area (Å²) in [5.74, 6) is 0.558. The lowest BCUT2D eigenvalue weighted by atomic mass is 10.0. The van der Waals surface area contributed by atoms with Crippen LogP contribution in [-0.2, 0) is 0 Å². The van der Waals surface area contributed by atoms with Crippen LogP contribution < -0.4 is 5.32 Å². The van der Waals surface area contributed by atoms with Crippen LogP contribution in [0.3, 0.4) is 0 Å². The van der Waals surface area contributed by atoms with Gasteiger partial charge in [-0.3, -0.25) is 0 Å². The van der Waals surface area contributed by atoms with E-state index in [0.717, 1.165) is 25.1 Å². The first-order valence-corrected chi connectivity index (χ1v) is 7.06. The van der Waals surface area contributed by atoms with Crippen LogP contribution in [0.15, 0.2) is 18.2 Å². The molecular weight excluding hydrogens is 239 g/mol. The lowest BCUT2D eigenvalue weighted by molar-refractivity contribution is 0.279. The molecule has 0 aromatic heterocycles. The molecule has 1 unspecified atom stereocenters. The summed E-state index contributed by atoms with van der Waals surface area (Å²) >= 11 is 0. The highest BCUT2D eigenvalue weighted by atomic mass is 19.1. The molecule has 108 valence electrons. The van der Waals surface area contributed by atoms with Crippen molar-refractivity contribution in [1.82, 2.24) is 10.2 Å². The van der Waals surface area contributed by atoms with Gasteiger partial charge in [-0.2, -0.15) is 0 Å². The fourth-order valence-electron chi connectivity index (χ4n) is 2.37. The Hall–Kier alpha value is -0.930. The van der Waals surface area contributed by atoms with Gasteiger partial charge < -0.3 is 10.2 Å². The van der Waals surface area contributed by atoms with Crippen molar-refractivity contribution < 1.29 is 4.39 Å². The summed E-state index contributed by atoms with van der Waals surface area (Å²) in [5.41, 5.74) is 1.74. The fraction of sp³-hybridized carbons (Fsp3) is 0.625. The van der Waals surface area contributed by atoms with Gasteiger partial charge in [-0.15, -0.1) is 0 Å². The quantitative estimate of drug-likeness (QED) is 0.814. The maximum Gasteiger partial charge on any atom is 0.126 e. The van der Waals surface area contributed by atoms with Gasteiger partial charge in [0.05, 0.1) is 0 Å². The zero-order valence-corrected chi connectivity index (χ0v) is 12.8. The standard InChI is InChI=1S/C16H27FN2/c1-12(2)11-19(5)9-8-16(18-4)14-7-6-13(3)15(17)10-14/h6-7,10,12,16,18H,8-9,11H2,1-5H3. The zero-order chi connectivity index (χ0) is 14.4. The highest BCUT2D eigenvalue weighted by molar-refractivity contribution is 5.25. The largest absolute Gasteiger partial charge is 0.313 e. The molecule has 0 bridgehead atoms. The van der Waals surface area contributed by atoms with Crippen LogP contribution >= 0.6 is 0 Å². The molecule has 2 nitrogen and oxygen atoms in total. The van der Waals surface area contributed by atoms with Crippen molar-refractivity contribution in [2.24, 2.45) is 5.92 Å². The van der Waals surface area contributed by atoms with Gasteiger partial charge >= 0.3 is 0 Å². The number of nitrogens with one attached hydrogen (secondary N) is 1. The third-order valence-corrected chi connectivity index (χ3v) is 3.42. The summed E-state index contributed by atoms with van der Waals surface area (Å²) in [6, 6.07) is 5.73. The maximum absolute atomic E-state index is 13.6. The number of rotatable bonds is 7. The van der Waals surface area contributed by atoms with Crippen LogP contribution in [0.1, 0.15) is 37.4 Å². The number of hydrogen-bond acceptors (Lipinski definition) is 2. The second-order valence-corrected chi connectivity index (χ2v) is 5.79. The van der Waals surface area contributed by atoms with Crippen molar-refractivity contribution in [2.45, 2.75) is 33.2 Å². The van der Waals surface area contributed by atoms with Crippen molar-refractivity contribution in [3.05, 3.63) is 35.1 Å². The first-order valence-electron chi connectivity index (χ1n) is 7.06. The van der Waals surface area contributed by atoms with Crippen LogP contribution in [0.2, 0.25) is 0 Å². The number of nitrogens with zero attached hydrogens (tertiary/aromatic N) is 1. The lowest BCUT2D eigenvalue weighted by Crippen LogP contribution is -2.28. The van der Waals surface area contributed by atoms with Crippen LogP contribution in [0.25, 0.3) is 0 Å². The van der Waals surface area contributed by atoms with E-state index in [2.05, 4.69) is 31.1 Å². The monoisotopic (exact) mass is 266 g/mol. The minimum absolute atomic E-state index is 0.117. The predicted molar refractivity (Wildman–Crippen MR) is 79.9 cm³/mol. The molecule has 19 heavy (non-hydrogen) atoms. The number of halogens is 1. The average Bonchev–Trinajstić information content (AvgIpc) is 2.33. The van der Waals surface area contributed by atoms with Gasteiger partial charge in [-0.25, -0.2) is 4.39 Å². The highest BCUT2D eigenvalue weighted by Crippen LogP contribution is 2.19. The second kappa shape index (κ2) is 7.61. The average molecular weight is 266 g/mol. The van der Waals surface area contributed by atoms with E-state index in [9.17, 15) is 4.39 Å². The first kappa shape index (κ1) is 16.1. The Kier molecular flexibility index (Phi) is 6.46. The minimum atomic E-state index is -0.117. The Morgan fingerprint density at radius 3 is 2.53 bits per heavy atom. The van der Waals surface area contributed by atoms with Gasteiger partial charge in [-0.05, 0) is 57.1 Å². The van der Waals surface area contributed by atoms with Crippen molar-refractivity contribution in [3.63, 3.8) is 0 Å². The Bertz CT molecular complexity index is 390. The summed E-state index contributed by atoms with van der Waals surface area (Å²) in [6.45, 7) is 8.35. The number of aryl methyl sites for hydroxylation is 1. The van der Waals surface area contributed by atoms with Gasteiger partial charge in [0.2, 0.25) is 0 Å². The molecule has 3 heteroatoms. The summed E-state index contributed by atoms with van der Waals surface area (Å²) in [7, 11) is 4.08. The van der Waals surface area contributed by atoms with E-state index in [1.165, 1.54) is 0 Å². The fourth-order valence-corrected chi connectivity index (χ4v) is 2.37. The topological polar surface area (TPSA) is 15.3 Å². The van der Waals surface area contributed by atoms with Gasteiger partial charge in [0.15, 0.2) is 0 Å². The first-order chi connectivity index (χ1) is 8.93. The van der Waals surface area contributed by atoms with Gasteiger partial charge in [0.25, 0.3) is 0 Å². The van der Waals surface area contributed by atoms with E-state index in [1.807, 2.05) is 19.2 Å². The van der Waals surface area contributed by atoms with E-state index >= 15 is 0 Å². The molecule has 0 saturated carbocycles. The van der Waals surface area contributed by atoms with Crippen LogP contribution in [-0.4, -0.2) is 32.1 Å². The third kappa shape index (κ3) is 5.29. The van der Waals surface area contributed by atoms with E-state index in [0.29, 0.717) is 11.5 Å². The molecular formula is C16H27FN2. The van der Waals surface area contributed by atoms with Crippen molar-refractivity contribution in [1.29, 1.82) is 0 Å². The summed E-state index contributed by atoms with van der Waals surface area (Å²) in [5, 5.41) is 3.28. The van der Waals surface area contributed by atoms with Crippen LogP contribution in [0.4, 0.5) is 4.39 Å². The number of hydrogen-bond donors (Lipinski definition) is 1. The Balaban J connectivity index is 2.60. The minimum Gasteiger partial charge on any atom is -0.313 e. The molecule has 0 aliphatic carbocycles. The maximum atomic E-state index is 13.6. The van der Waals surface area contributed by atoms with Crippen LogP contribution in [0, 0.1) is 18.7 Å². The Labute approximate surface area is 117 Å². The Morgan fingerprint density at radius 2 is 2.00 bits per heavy atom. The molecule has 0 fully saturated rings. The molecule has 0 radical (unpaired) electrons. The molecule has 1 rings (SSSR count). The van der Waals surface area contributed by atoms with Gasteiger partial charge in [0.1, 0.15) is 5.82 Å². The van der Waals surface area contributed by atoms with Crippen molar-refractivity contribution in [3.8, 4) is 0 Å². The molecule has 0 amide bonds. The molecule has 0 aliphatic rings. The van der Waals surface area contributed by atoms with Crippen LogP contribution in [0.5, 0.6) is 0 Å². The van der Waals surface area contributed by atoms with Gasteiger partial charge in [-0.1, -0.05) is 26.0 Å². The van der Waals surface area contributed by atoms with Crippen molar-refractivity contribution >= 4 is 0 Å².